The topological polar surface area (TPSA) is 71.0 Å². The van der Waals surface area contributed by atoms with Crippen molar-refractivity contribution < 1.29 is 17.5 Å². The van der Waals surface area contributed by atoms with E-state index in [-0.39, 0.29) is 30.3 Å². The van der Waals surface area contributed by atoms with Crippen LogP contribution in [0.1, 0.15) is 18.6 Å². The van der Waals surface area contributed by atoms with Crippen LogP contribution in [-0.4, -0.2) is 57.8 Å². The quantitative estimate of drug-likeness (QED) is 0.596. The predicted octanol–water partition coefficient (Wildman–Crippen LogP) is 2.64. The van der Waals surface area contributed by atoms with Gasteiger partial charge in [0.1, 0.15) is 11.9 Å². The first kappa shape index (κ1) is 21.3. The number of guanidine groups is 1. The van der Waals surface area contributed by atoms with Crippen molar-refractivity contribution in [2.45, 2.75) is 24.0 Å². The number of hydrogen-bond donors (Lipinski definition) is 1. The van der Waals surface area contributed by atoms with E-state index >= 15 is 0 Å². The lowest BCUT2D eigenvalue weighted by Crippen LogP contribution is -2.51. The number of benzene rings is 2. The van der Waals surface area contributed by atoms with Crippen LogP contribution in [-0.2, 0) is 14.6 Å². The summed E-state index contributed by atoms with van der Waals surface area (Å²) < 4.78 is 44.1. The molecule has 1 aliphatic heterocycles. The van der Waals surface area contributed by atoms with Crippen molar-refractivity contribution in [1.82, 2.24) is 10.2 Å². The number of halogens is 1. The van der Waals surface area contributed by atoms with Gasteiger partial charge in [0.15, 0.2) is 15.8 Å². The van der Waals surface area contributed by atoms with E-state index < -0.39 is 9.84 Å². The Balaban J connectivity index is 1.62. The van der Waals surface area contributed by atoms with Crippen molar-refractivity contribution in [3.63, 3.8) is 0 Å². The van der Waals surface area contributed by atoms with Gasteiger partial charge in [0.05, 0.1) is 23.3 Å². The Labute approximate surface area is 171 Å². The van der Waals surface area contributed by atoms with Gasteiger partial charge in [-0.25, -0.2) is 12.8 Å². The van der Waals surface area contributed by atoms with E-state index in [2.05, 4.69) is 10.3 Å². The van der Waals surface area contributed by atoms with E-state index in [0.717, 1.165) is 5.56 Å². The second-order valence-corrected chi connectivity index (χ2v) is 9.11. The molecule has 2 aromatic carbocycles. The average Bonchev–Trinajstić information content (AvgIpc) is 2.72. The van der Waals surface area contributed by atoms with Gasteiger partial charge in [-0.05, 0) is 36.8 Å². The highest BCUT2D eigenvalue weighted by atomic mass is 32.2. The fourth-order valence-corrected chi connectivity index (χ4v) is 4.54. The minimum absolute atomic E-state index is 0.0304. The molecule has 29 heavy (non-hydrogen) atoms. The van der Waals surface area contributed by atoms with Crippen molar-refractivity contribution in [3.8, 4) is 0 Å². The molecule has 156 valence electrons. The normalized spacial score (nSPS) is 20.5. The van der Waals surface area contributed by atoms with E-state index in [4.69, 9.17) is 4.74 Å². The summed E-state index contributed by atoms with van der Waals surface area (Å²) in [6, 6.07) is 14.7. The summed E-state index contributed by atoms with van der Waals surface area (Å²) in [6.45, 7) is 3.39. The maximum absolute atomic E-state index is 13.2. The zero-order valence-electron chi connectivity index (χ0n) is 16.6. The molecular weight excluding hydrogens is 393 g/mol. The van der Waals surface area contributed by atoms with E-state index in [0.29, 0.717) is 23.9 Å². The molecule has 3 rings (SSSR count). The molecule has 1 aliphatic rings. The number of sulfone groups is 1. The molecule has 8 heteroatoms. The van der Waals surface area contributed by atoms with Crippen LogP contribution < -0.4 is 5.32 Å². The predicted molar refractivity (Wildman–Crippen MR) is 111 cm³/mol. The summed E-state index contributed by atoms with van der Waals surface area (Å²) in [5.41, 5.74) is 0.894. The monoisotopic (exact) mass is 419 g/mol. The summed E-state index contributed by atoms with van der Waals surface area (Å²) >= 11 is 0. The van der Waals surface area contributed by atoms with Crippen molar-refractivity contribution in [1.29, 1.82) is 0 Å². The van der Waals surface area contributed by atoms with Crippen molar-refractivity contribution in [2.24, 2.45) is 4.99 Å². The first-order chi connectivity index (χ1) is 13.9. The number of aliphatic imine (C=N–C) groups is 1. The van der Waals surface area contributed by atoms with Gasteiger partial charge in [-0.15, -0.1) is 0 Å². The lowest BCUT2D eigenvalue weighted by molar-refractivity contribution is -0.0604. The van der Waals surface area contributed by atoms with Crippen molar-refractivity contribution in [3.05, 3.63) is 66.0 Å². The van der Waals surface area contributed by atoms with Gasteiger partial charge < -0.3 is 15.0 Å². The number of nitrogens with zero attached hydrogens (tertiary/aromatic N) is 2. The second kappa shape index (κ2) is 9.37. The lowest BCUT2D eigenvalue weighted by atomic mass is 10.1. The fraction of sp³-hybridized carbons (Fsp3) is 0.381. The number of nitrogens with one attached hydrogen (secondary N) is 1. The van der Waals surface area contributed by atoms with E-state index in [1.807, 2.05) is 11.8 Å². The smallest absolute Gasteiger partial charge is 0.193 e. The van der Waals surface area contributed by atoms with Crippen LogP contribution in [0.3, 0.4) is 0 Å². The Morgan fingerprint density at radius 1 is 1.17 bits per heavy atom. The third kappa shape index (κ3) is 5.55. The van der Waals surface area contributed by atoms with Crippen molar-refractivity contribution in [2.75, 3.05) is 32.4 Å². The van der Waals surface area contributed by atoms with Gasteiger partial charge in [-0.1, -0.05) is 30.3 Å². The first-order valence-corrected chi connectivity index (χ1v) is 11.2. The number of rotatable bonds is 5. The lowest BCUT2D eigenvalue weighted by Gasteiger charge is -2.38. The maximum atomic E-state index is 13.2. The van der Waals surface area contributed by atoms with Gasteiger partial charge in [0.2, 0.25) is 0 Å². The van der Waals surface area contributed by atoms with Crippen LogP contribution in [0.2, 0.25) is 0 Å². The zero-order chi connectivity index (χ0) is 20.9. The van der Waals surface area contributed by atoms with Crippen LogP contribution in [0, 0.1) is 5.82 Å². The molecule has 1 fully saturated rings. The highest BCUT2D eigenvalue weighted by Gasteiger charge is 2.28. The maximum Gasteiger partial charge on any atom is 0.193 e. The molecule has 1 saturated heterocycles. The summed E-state index contributed by atoms with van der Waals surface area (Å²) in [5.74, 6) is 0.305. The fourth-order valence-electron chi connectivity index (χ4n) is 3.36. The Kier molecular flexibility index (Phi) is 6.87. The summed E-state index contributed by atoms with van der Waals surface area (Å²) in [5, 5.41) is 3.15. The molecule has 2 unspecified atom stereocenters. The molecule has 6 nitrogen and oxygen atoms in total. The van der Waals surface area contributed by atoms with Gasteiger partial charge in [0.25, 0.3) is 0 Å². The molecular formula is C21H26FN3O3S. The van der Waals surface area contributed by atoms with Gasteiger partial charge >= 0.3 is 0 Å². The molecule has 0 bridgehead atoms. The number of ether oxygens (including phenoxy) is 1. The van der Waals surface area contributed by atoms with E-state index in [9.17, 15) is 12.8 Å². The van der Waals surface area contributed by atoms with Crippen LogP contribution in [0.25, 0.3) is 0 Å². The van der Waals surface area contributed by atoms with Crippen LogP contribution in [0.4, 0.5) is 4.39 Å². The molecule has 0 amide bonds. The molecule has 0 aromatic heterocycles. The molecule has 0 saturated carbocycles. The largest absolute Gasteiger partial charge is 0.367 e. The molecule has 0 radical (unpaired) electrons. The summed E-state index contributed by atoms with van der Waals surface area (Å²) in [6.07, 6.45) is -0.267. The summed E-state index contributed by atoms with van der Waals surface area (Å²) in [4.78, 5) is 6.65. The highest BCUT2D eigenvalue weighted by molar-refractivity contribution is 7.91. The number of morpholine rings is 1. The molecule has 0 spiro atoms. The Morgan fingerprint density at radius 3 is 2.52 bits per heavy atom. The van der Waals surface area contributed by atoms with Crippen LogP contribution in [0.5, 0.6) is 0 Å². The molecule has 0 aliphatic carbocycles. The summed E-state index contributed by atoms with van der Waals surface area (Å²) in [7, 11) is -1.69. The first-order valence-electron chi connectivity index (χ1n) is 9.53. The van der Waals surface area contributed by atoms with Gasteiger partial charge in [-0.3, -0.25) is 4.99 Å². The third-order valence-electron chi connectivity index (χ3n) is 4.77. The SMILES string of the molecule is CN=C(NCCS(=O)(=O)c1ccccc1)N1CC(C)OC(c2ccc(F)cc2)C1. The Morgan fingerprint density at radius 2 is 1.86 bits per heavy atom. The Bertz CT molecular complexity index is 933. The van der Waals surface area contributed by atoms with E-state index in [1.54, 1.807) is 49.5 Å². The molecule has 2 aromatic rings. The minimum Gasteiger partial charge on any atom is -0.367 e. The Hall–Kier alpha value is -2.45. The molecule has 1 heterocycles. The average molecular weight is 420 g/mol. The highest BCUT2D eigenvalue weighted by Crippen LogP contribution is 2.25. The van der Waals surface area contributed by atoms with Crippen LogP contribution >= 0.6 is 0 Å². The van der Waals surface area contributed by atoms with Gasteiger partial charge in [-0.2, -0.15) is 0 Å². The molecule has 2 atom stereocenters. The molecule has 1 N–H and O–H groups in total. The second-order valence-electron chi connectivity index (χ2n) is 7.00. The number of hydrogen-bond acceptors (Lipinski definition) is 4. The van der Waals surface area contributed by atoms with Crippen molar-refractivity contribution >= 4 is 15.8 Å². The standard InChI is InChI=1S/C21H26FN3O3S/c1-16-14-25(15-20(28-16)17-8-10-18(22)11-9-17)21(23-2)24-12-13-29(26,27)19-6-4-3-5-7-19/h3-11,16,20H,12-15H2,1-2H3,(H,23,24). The van der Waals surface area contributed by atoms with Gasteiger partial charge in [0, 0.05) is 20.1 Å². The third-order valence-corrected chi connectivity index (χ3v) is 6.50. The zero-order valence-corrected chi connectivity index (χ0v) is 17.4. The van der Waals surface area contributed by atoms with E-state index in [1.165, 1.54) is 12.1 Å². The minimum atomic E-state index is -3.36. The van der Waals surface area contributed by atoms with Crippen LogP contribution in [0.15, 0.2) is 64.5 Å².